The Morgan fingerprint density at radius 1 is 1.19 bits per heavy atom. The number of hydrogen-bond donors (Lipinski definition) is 2. The lowest BCUT2D eigenvalue weighted by Crippen LogP contribution is -2.38. The molecule has 2 N–H and O–H groups in total. The molecule has 148 valence electrons. The molecule has 26 heavy (non-hydrogen) atoms. The molecule has 5 nitrogen and oxygen atoms in total. The van der Waals surface area contributed by atoms with E-state index < -0.39 is 0 Å². The Morgan fingerprint density at radius 2 is 2.04 bits per heavy atom. The van der Waals surface area contributed by atoms with Crippen LogP contribution in [0.5, 0.6) is 0 Å². The number of benzene rings is 1. The van der Waals surface area contributed by atoms with Gasteiger partial charge in [-0.1, -0.05) is 24.3 Å². The highest BCUT2D eigenvalue weighted by molar-refractivity contribution is 14.0. The van der Waals surface area contributed by atoms with E-state index in [4.69, 9.17) is 14.5 Å². The zero-order valence-corrected chi connectivity index (χ0v) is 18.5. The van der Waals surface area contributed by atoms with E-state index in [2.05, 4.69) is 41.8 Å². The molecule has 1 aromatic rings. The van der Waals surface area contributed by atoms with Crippen LogP contribution in [0.3, 0.4) is 0 Å². The molecule has 1 aliphatic rings. The maximum absolute atomic E-state index is 5.48. The summed E-state index contributed by atoms with van der Waals surface area (Å²) in [6.45, 7) is 6.73. The molecule has 0 saturated carbocycles. The molecular formula is C20H34IN3O2. The predicted molar refractivity (Wildman–Crippen MR) is 119 cm³/mol. The van der Waals surface area contributed by atoms with Crippen molar-refractivity contribution in [3.05, 3.63) is 35.4 Å². The molecule has 1 aliphatic carbocycles. The van der Waals surface area contributed by atoms with E-state index in [1.54, 1.807) is 7.11 Å². The maximum atomic E-state index is 5.48. The van der Waals surface area contributed by atoms with E-state index in [0.717, 1.165) is 38.6 Å². The van der Waals surface area contributed by atoms with Gasteiger partial charge in [-0.2, -0.15) is 0 Å². The van der Waals surface area contributed by atoms with Gasteiger partial charge in [-0.05, 0) is 43.7 Å². The number of methoxy groups -OCH3 is 1. The lowest BCUT2D eigenvalue weighted by atomic mass is 9.83. The van der Waals surface area contributed by atoms with Crippen LogP contribution in [-0.4, -0.2) is 52.5 Å². The minimum absolute atomic E-state index is 0. The van der Waals surface area contributed by atoms with Crippen LogP contribution < -0.4 is 10.6 Å². The van der Waals surface area contributed by atoms with Crippen LogP contribution in [0.1, 0.15) is 43.2 Å². The Bertz CT molecular complexity index is 526. The smallest absolute Gasteiger partial charge is 0.191 e. The quantitative estimate of drug-likeness (QED) is 0.236. The zero-order valence-electron chi connectivity index (χ0n) is 16.1. The molecule has 0 aliphatic heterocycles. The lowest BCUT2D eigenvalue weighted by molar-refractivity contribution is 0.0698. The number of aliphatic imine (C=N–C) groups is 1. The highest BCUT2D eigenvalue weighted by Crippen LogP contribution is 2.31. The summed E-state index contributed by atoms with van der Waals surface area (Å²) in [6.07, 6.45) is 4.66. The average Bonchev–Trinajstić information content (AvgIpc) is 2.65. The third-order valence-corrected chi connectivity index (χ3v) is 4.50. The Hall–Kier alpha value is -0.860. The Morgan fingerprint density at radius 3 is 2.85 bits per heavy atom. The van der Waals surface area contributed by atoms with Gasteiger partial charge in [-0.25, -0.2) is 0 Å². The lowest BCUT2D eigenvalue weighted by Gasteiger charge is -2.24. The Kier molecular flexibility index (Phi) is 12.7. The molecule has 0 amide bonds. The van der Waals surface area contributed by atoms with Crippen molar-refractivity contribution in [3.63, 3.8) is 0 Å². The first-order valence-electron chi connectivity index (χ1n) is 9.51. The van der Waals surface area contributed by atoms with Crippen LogP contribution in [0.2, 0.25) is 0 Å². The van der Waals surface area contributed by atoms with Gasteiger partial charge in [-0.3, -0.25) is 4.99 Å². The summed E-state index contributed by atoms with van der Waals surface area (Å²) in [7, 11) is 1.69. The number of nitrogens with zero attached hydrogens (tertiary/aromatic N) is 1. The molecule has 0 spiro atoms. The third-order valence-electron chi connectivity index (χ3n) is 4.50. The number of guanidine groups is 1. The summed E-state index contributed by atoms with van der Waals surface area (Å²) < 4.78 is 10.4. The molecule has 1 aromatic carbocycles. The van der Waals surface area contributed by atoms with Gasteiger partial charge in [-0.15, -0.1) is 24.0 Å². The minimum atomic E-state index is 0. The van der Waals surface area contributed by atoms with E-state index in [1.165, 1.54) is 30.4 Å². The van der Waals surface area contributed by atoms with Crippen molar-refractivity contribution >= 4 is 29.9 Å². The second-order valence-corrected chi connectivity index (χ2v) is 6.39. The fraction of sp³-hybridized carbons (Fsp3) is 0.650. The number of ether oxygens (including phenoxy) is 2. The van der Waals surface area contributed by atoms with Gasteiger partial charge in [0.2, 0.25) is 0 Å². The first-order valence-corrected chi connectivity index (χ1v) is 9.51. The van der Waals surface area contributed by atoms with Gasteiger partial charge in [0.05, 0.1) is 13.2 Å². The van der Waals surface area contributed by atoms with E-state index in [0.29, 0.717) is 19.1 Å². The summed E-state index contributed by atoms with van der Waals surface area (Å²) in [5.74, 6) is 1.44. The molecule has 0 heterocycles. The van der Waals surface area contributed by atoms with Crippen molar-refractivity contribution in [2.75, 3.05) is 46.6 Å². The SMILES string of the molecule is CCNC(=NCC1CCCc2ccccc21)NCCCOCCOC.I. The van der Waals surface area contributed by atoms with Crippen molar-refractivity contribution in [1.29, 1.82) is 0 Å². The fourth-order valence-electron chi connectivity index (χ4n) is 3.21. The first kappa shape index (κ1) is 23.2. The zero-order chi connectivity index (χ0) is 17.7. The standard InChI is InChI=1S/C20H33N3O2.HI/c1-3-21-20(22-12-7-13-25-15-14-24-2)23-16-18-10-6-9-17-8-4-5-11-19(17)18;/h4-5,8,11,18H,3,6-7,9-10,12-16H2,1-2H3,(H2,21,22,23);1H. The van der Waals surface area contributed by atoms with Gasteiger partial charge in [0.1, 0.15) is 0 Å². The molecule has 0 aromatic heterocycles. The van der Waals surface area contributed by atoms with Crippen molar-refractivity contribution in [3.8, 4) is 0 Å². The molecule has 0 radical (unpaired) electrons. The van der Waals surface area contributed by atoms with Crippen molar-refractivity contribution in [2.24, 2.45) is 4.99 Å². The van der Waals surface area contributed by atoms with Crippen LogP contribution in [0.15, 0.2) is 29.3 Å². The highest BCUT2D eigenvalue weighted by atomic mass is 127. The molecule has 0 fully saturated rings. The maximum Gasteiger partial charge on any atom is 0.191 e. The van der Waals surface area contributed by atoms with Gasteiger partial charge >= 0.3 is 0 Å². The molecule has 1 unspecified atom stereocenters. The fourth-order valence-corrected chi connectivity index (χ4v) is 3.21. The molecule has 0 bridgehead atoms. The molecule has 1 atom stereocenters. The normalized spacial score (nSPS) is 16.5. The monoisotopic (exact) mass is 475 g/mol. The average molecular weight is 475 g/mol. The first-order chi connectivity index (χ1) is 12.3. The van der Waals surface area contributed by atoms with Crippen LogP contribution in [-0.2, 0) is 15.9 Å². The summed E-state index contributed by atoms with van der Waals surface area (Å²) in [5.41, 5.74) is 2.99. The second kappa shape index (κ2) is 14.2. The number of fused-ring (bicyclic) bond motifs is 1. The third kappa shape index (κ3) is 8.22. The van der Waals surface area contributed by atoms with E-state index in [9.17, 15) is 0 Å². The minimum Gasteiger partial charge on any atom is -0.382 e. The number of rotatable bonds is 10. The summed E-state index contributed by atoms with van der Waals surface area (Å²) in [4.78, 5) is 4.82. The number of hydrogen-bond acceptors (Lipinski definition) is 3. The summed E-state index contributed by atoms with van der Waals surface area (Å²) in [6, 6.07) is 8.82. The Labute approximate surface area is 175 Å². The van der Waals surface area contributed by atoms with Crippen LogP contribution in [0.25, 0.3) is 0 Å². The number of nitrogens with one attached hydrogen (secondary N) is 2. The molecule has 0 saturated heterocycles. The van der Waals surface area contributed by atoms with Crippen molar-refractivity contribution in [1.82, 2.24) is 10.6 Å². The van der Waals surface area contributed by atoms with Crippen LogP contribution >= 0.6 is 24.0 Å². The van der Waals surface area contributed by atoms with Gasteiger partial charge in [0.25, 0.3) is 0 Å². The summed E-state index contributed by atoms with van der Waals surface area (Å²) >= 11 is 0. The summed E-state index contributed by atoms with van der Waals surface area (Å²) in [5, 5.41) is 6.74. The van der Waals surface area contributed by atoms with Crippen LogP contribution in [0, 0.1) is 0 Å². The Balaban J connectivity index is 0.00000338. The van der Waals surface area contributed by atoms with E-state index in [-0.39, 0.29) is 24.0 Å². The molecular weight excluding hydrogens is 441 g/mol. The molecule has 2 rings (SSSR count). The van der Waals surface area contributed by atoms with E-state index >= 15 is 0 Å². The topological polar surface area (TPSA) is 54.9 Å². The van der Waals surface area contributed by atoms with E-state index in [1.807, 2.05) is 0 Å². The largest absolute Gasteiger partial charge is 0.382 e. The van der Waals surface area contributed by atoms with Crippen molar-refractivity contribution in [2.45, 2.75) is 38.5 Å². The van der Waals surface area contributed by atoms with Gasteiger partial charge < -0.3 is 20.1 Å². The predicted octanol–water partition coefficient (Wildman–Crippen LogP) is 3.33. The van der Waals surface area contributed by atoms with Crippen LogP contribution in [0.4, 0.5) is 0 Å². The number of halogens is 1. The number of aryl methyl sites for hydroxylation is 1. The van der Waals surface area contributed by atoms with Gasteiger partial charge in [0, 0.05) is 39.3 Å². The molecule has 6 heteroatoms. The van der Waals surface area contributed by atoms with Gasteiger partial charge in [0.15, 0.2) is 5.96 Å². The second-order valence-electron chi connectivity index (χ2n) is 6.39. The van der Waals surface area contributed by atoms with Crippen molar-refractivity contribution < 1.29 is 9.47 Å². The highest BCUT2D eigenvalue weighted by Gasteiger charge is 2.19.